The summed E-state index contributed by atoms with van der Waals surface area (Å²) in [7, 11) is 0. The Kier molecular flexibility index (Phi) is 3.85. The molecule has 0 N–H and O–H groups in total. The first kappa shape index (κ1) is 11.2. The van der Waals surface area contributed by atoms with Crippen LogP contribution in [0.4, 0.5) is 5.69 Å². The number of nitro groups is 1. The second kappa shape index (κ2) is 5.14. The zero-order valence-electron chi connectivity index (χ0n) is 8.69. The summed E-state index contributed by atoms with van der Waals surface area (Å²) in [4.78, 5) is 10.2. The van der Waals surface area contributed by atoms with Gasteiger partial charge in [0.15, 0.2) is 0 Å². The van der Waals surface area contributed by atoms with Gasteiger partial charge in [-0.25, -0.2) is 0 Å². The molecule has 0 atom stereocenters. The zero-order valence-corrected chi connectivity index (χ0v) is 8.69. The second-order valence-electron chi connectivity index (χ2n) is 2.88. The van der Waals surface area contributed by atoms with Crippen LogP contribution in [0.1, 0.15) is 19.4 Å². The van der Waals surface area contributed by atoms with Gasteiger partial charge in [-0.2, -0.15) is 0 Å². The molecule has 0 aliphatic carbocycles. The number of hydrogen-bond donors (Lipinski definition) is 0. The number of nitrogens with zero attached hydrogens (tertiary/aromatic N) is 1. The van der Waals surface area contributed by atoms with Crippen molar-refractivity contribution in [3.63, 3.8) is 0 Å². The Bertz CT molecular complexity index is 385. The average molecular weight is 206 g/mol. The van der Waals surface area contributed by atoms with E-state index in [0.29, 0.717) is 12.4 Å². The molecule has 79 valence electrons. The molecule has 4 nitrogen and oxygen atoms in total. The first-order valence-electron chi connectivity index (χ1n) is 4.60. The molecular weight excluding hydrogens is 194 g/mol. The van der Waals surface area contributed by atoms with Crippen LogP contribution >= 0.6 is 0 Å². The largest absolute Gasteiger partial charge is 0.494 e. The highest BCUT2D eigenvalue weighted by Crippen LogP contribution is 2.23. The predicted molar refractivity (Wildman–Crippen MR) is 57.6 cm³/mol. The Balaban J connectivity index is 3.13. The summed E-state index contributed by atoms with van der Waals surface area (Å²) < 4.78 is 5.23. The van der Waals surface area contributed by atoms with Crippen LogP contribution in [0.3, 0.4) is 0 Å². The molecule has 0 bridgehead atoms. The van der Waals surface area contributed by atoms with Crippen LogP contribution in [-0.2, 0) is 0 Å². The molecule has 0 amide bonds. The lowest BCUT2D eigenvalue weighted by molar-refractivity contribution is -0.384. The molecule has 1 aromatic carbocycles. The van der Waals surface area contributed by atoms with Gasteiger partial charge in [0.2, 0.25) is 0 Å². The van der Waals surface area contributed by atoms with E-state index >= 15 is 0 Å². The molecule has 0 aliphatic heterocycles. The first-order chi connectivity index (χ1) is 7.17. The molecule has 0 saturated carbocycles. The van der Waals surface area contributed by atoms with Gasteiger partial charge in [0.25, 0.3) is 5.69 Å². The monoisotopic (exact) mass is 206 g/mol. The van der Waals surface area contributed by atoms with Crippen molar-refractivity contribution in [1.82, 2.24) is 0 Å². The first-order valence-corrected chi connectivity index (χ1v) is 4.60. The number of rotatable bonds is 4. The maximum atomic E-state index is 10.6. The smallest absolute Gasteiger partial charge is 0.273 e. The summed E-state index contributed by atoms with van der Waals surface area (Å²) >= 11 is 0. The van der Waals surface area contributed by atoms with E-state index in [9.17, 15) is 10.1 Å². The number of benzene rings is 1. The maximum Gasteiger partial charge on any atom is 0.273 e. The van der Waals surface area contributed by atoms with E-state index in [1.54, 1.807) is 19.1 Å². The molecule has 1 aromatic rings. The Morgan fingerprint density at radius 3 is 2.80 bits per heavy atom. The lowest BCUT2D eigenvalue weighted by Crippen LogP contribution is -1.94. The topological polar surface area (TPSA) is 52.4 Å². The average Bonchev–Trinajstić information content (AvgIpc) is 2.18. The standard InChI is InChI=1S/C11H12NO3/c1-3-5-9-6-10(12(13)14)8-11(7-9)15-4-2/h5-8H,4H2,1-2H3. The van der Waals surface area contributed by atoms with Crippen molar-refractivity contribution in [3.8, 4) is 5.75 Å². The van der Waals surface area contributed by atoms with Gasteiger partial charge in [-0.15, -0.1) is 0 Å². The van der Waals surface area contributed by atoms with Gasteiger partial charge in [-0.3, -0.25) is 10.1 Å². The van der Waals surface area contributed by atoms with Crippen LogP contribution in [0.2, 0.25) is 0 Å². The van der Waals surface area contributed by atoms with E-state index in [4.69, 9.17) is 4.74 Å². The predicted octanol–water partition coefficient (Wildman–Crippen LogP) is 2.83. The summed E-state index contributed by atoms with van der Waals surface area (Å²) in [6.45, 7) is 4.06. The molecule has 1 rings (SSSR count). The van der Waals surface area contributed by atoms with Crippen molar-refractivity contribution in [1.29, 1.82) is 0 Å². The normalized spacial score (nSPS) is 10.5. The maximum absolute atomic E-state index is 10.6. The number of hydrogen-bond acceptors (Lipinski definition) is 3. The van der Waals surface area contributed by atoms with E-state index in [0.717, 1.165) is 5.56 Å². The highest BCUT2D eigenvalue weighted by atomic mass is 16.6. The van der Waals surface area contributed by atoms with E-state index < -0.39 is 4.92 Å². The van der Waals surface area contributed by atoms with Gasteiger partial charge in [-0.05, 0) is 31.6 Å². The Morgan fingerprint density at radius 2 is 2.27 bits per heavy atom. The number of allylic oxidation sites excluding steroid dienone is 1. The van der Waals surface area contributed by atoms with Crippen LogP contribution in [0.5, 0.6) is 5.75 Å². The third kappa shape index (κ3) is 3.09. The van der Waals surface area contributed by atoms with Crippen molar-refractivity contribution < 1.29 is 9.66 Å². The van der Waals surface area contributed by atoms with Crippen molar-refractivity contribution >= 4 is 11.8 Å². The van der Waals surface area contributed by atoms with Crippen LogP contribution in [0.25, 0.3) is 6.08 Å². The van der Waals surface area contributed by atoms with Gasteiger partial charge in [-0.1, -0.05) is 6.08 Å². The lowest BCUT2D eigenvalue weighted by atomic mass is 10.2. The molecule has 0 unspecified atom stereocenters. The third-order valence-corrected chi connectivity index (χ3v) is 1.75. The van der Waals surface area contributed by atoms with E-state index in [2.05, 4.69) is 6.08 Å². The third-order valence-electron chi connectivity index (χ3n) is 1.75. The highest BCUT2D eigenvalue weighted by molar-refractivity contribution is 5.55. The van der Waals surface area contributed by atoms with Crippen LogP contribution in [0.15, 0.2) is 18.2 Å². The van der Waals surface area contributed by atoms with Crippen molar-refractivity contribution in [2.45, 2.75) is 13.8 Å². The molecule has 0 aliphatic rings. The van der Waals surface area contributed by atoms with Crippen LogP contribution in [0, 0.1) is 16.2 Å². The van der Waals surface area contributed by atoms with Crippen molar-refractivity contribution in [2.75, 3.05) is 6.61 Å². The van der Waals surface area contributed by atoms with Gasteiger partial charge in [0.1, 0.15) is 5.75 Å². The molecular formula is C11H12NO3. The molecule has 0 spiro atoms. The van der Waals surface area contributed by atoms with Crippen LogP contribution in [-0.4, -0.2) is 11.5 Å². The fourth-order valence-electron chi connectivity index (χ4n) is 1.21. The SMILES string of the molecule is C[C]=Cc1cc(OCC)cc([N+](=O)[O-])c1. The van der Waals surface area contributed by atoms with Crippen molar-refractivity contribution in [2.24, 2.45) is 0 Å². The van der Waals surface area contributed by atoms with Crippen molar-refractivity contribution in [3.05, 3.63) is 40.0 Å². The van der Waals surface area contributed by atoms with Gasteiger partial charge < -0.3 is 4.74 Å². The van der Waals surface area contributed by atoms with E-state index in [-0.39, 0.29) is 5.69 Å². The molecule has 1 radical (unpaired) electrons. The fraction of sp³-hybridized carbons (Fsp3) is 0.273. The minimum Gasteiger partial charge on any atom is -0.494 e. The van der Waals surface area contributed by atoms with E-state index in [1.165, 1.54) is 12.1 Å². The number of ether oxygens (including phenoxy) is 1. The van der Waals surface area contributed by atoms with Crippen LogP contribution < -0.4 is 4.74 Å². The summed E-state index contributed by atoms with van der Waals surface area (Å²) in [6.07, 6.45) is 4.49. The quantitative estimate of drug-likeness (QED) is 0.562. The Hall–Kier alpha value is -1.84. The molecule has 4 heteroatoms. The molecule has 0 heterocycles. The molecule has 15 heavy (non-hydrogen) atoms. The second-order valence-corrected chi connectivity index (χ2v) is 2.88. The summed E-state index contributed by atoms with van der Waals surface area (Å²) in [5, 5.41) is 10.6. The zero-order chi connectivity index (χ0) is 11.3. The number of non-ortho nitro benzene ring substituents is 1. The molecule has 0 saturated heterocycles. The molecule has 0 fully saturated rings. The van der Waals surface area contributed by atoms with Gasteiger partial charge in [0.05, 0.1) is 17.6 Å². The highest BCUT2D eigenvalue weighted by Gasteiger charge is 2.08. The minimum atomic E-state index is -0.435. The fourth-order valence-corrected chi connectivity index (χ4v) is 1.21. The Labute approximate surface area is 88.3 Å². The molecule has 0 aromatic heterocycles. The summed E-state index contributed by atoms with van der Waals surface area (Å²) in [6, 6.07) is 4.64. The number of nitro benzene ring substituents is 1. The van der Waals surface area contributed by atoms with E-state index in [1.807, 2.05) is 6.92 Å². The Morgan fingerprint density at radius 1 is 1.53 bits per heavy atom. The van der Waals surface area contributed by atoms with Gasteiger partial charge >= 0.3 is 0 Å². The summed E-state index contributed by atoms with van der Waals surface area (Å²) in [5.74, 6) is 0.508. The summed E-state index contributed by atoms with van der Waals surface area (Å²) in [5.41, 5.74) is 0.748. The lowest BCUT2D eigenvalue weighted by Gasteiger charge is -2.03. The minimum absolute atomic E-state index is 0.0300. The van der Waals surface area contributed by atoms with Gasteiger partial charge in [0, 0.05) is 6.07 Å².